The van der Waals surface area contributed by atoms with E-state index in [4.69, 9.17) is 10.6 Å². The topological polar surface area (TPSA) is 73.1 Å². The number of anilines is 1. The van der Waals surface area contributed by atoms with E-state index in [2.05, 4.69) is 15.4 Å². The number of hydrazine groups is 1. The molecule has 0 aliphatic carbocycles. The van der Waals surface area contributed by atoms with Gasteiger partial charge in [0.05, 0.1) is 6.61 Å². The zero-order valence-corrected chi connectivity index (χ0v) is 8.17. The van der Waals surface area contributed by atoms with Gasteiger partial charge in [0.25, 0.3) is 0 Å². The lowest BCUT2D eigenvalue weighted by atomic mass is 10.7. The Morgan fingerprint density at radius 3 is 3.23 bits per heavy atom. The van der Waals surface area contributed by atoms with Crippen LogP contribution in [0.25, 0.3) is 0 Å². The number of methoxy groups -OCH3 is 1. The van der Waals surface area contributed by atoms with E-state index in [9.17, 15) is 0 Å². The molecule has 0 saturated carbocycles. The van der Waals surface area contributed by atoms with Crippen LogP contribution in [0.2, 0.25) is 0 Å². The van der Waals surface area contributed by atoms with Crippen molar-refractivity contribution in [1.29, 1.82) is 0 Å². The van der Waals surface area contributed by atoms with Gasteiger partial charge in [-0.1, -0.05) is 0 Å². The summed E-state index contributed by atoms with van der Waals surface area (Å²) in [6, 6.07) is 1.83. The number of ether oxygens (including phenoxy) is 1. The molecule has 0 aliphatic rings. The van der Waals surface area contributed by atoms with Crippen LogP contribution in [-0.2, 0) is 4.74 Å². The molecule has 13 heavy (non-hydrogen) atoms. The largest absolute Gasteiger partial charge is 0.384 e. The molecule has 1 aromatic heterocycles. The lowest BCUT2D eigenvalue weighted by Gasteiger charge is -2.01. The van der Waals surface area contributed by atoms with Crippen molar-refractivity contribution in [2.75, 3.05) is 24.9 Å². The molecule has 0 amide bonds. The first-order chi connectivity index (χ1) is 6.36. The third-order valence-corrected chi connectivity index (χ3v) is 2.19. The van der Waals surface area contributed by atoms with Gasteiger partial charge in [-0.2, -0.15) is 0 Å². The molecule has 0 saturated heterocycles. The first kappa shape index (κ1) is 10.2. The van der Waals surface area contributed by atoms with Crippen molar-refractivity contribution in [2.24, 2.45) is 5.84 Å². The number of nitrogens with two attached hydrogens (primary N) is 1. The molecule has 6 heteroatoms. The van der Waals surface area contributed by atoms with E-state index in [0.717, 1.165) is 10.8 Å². The van der Waals surface area contributed by atoms with Crippen molar-refractivity contribution in [3.63, 3.8) is 0 Å². The van der Waals surface area contributed by atoms with Crippen LogP contribution < -0.4 is 11.3 Å². The third-order valence-electron chi connectivity index (χ3n) is 1.30. The van der Waals surface area contributed by atoms with Gasteiger partial charge in [-0.25, -0.2) is 15.8 Å². The number of hydrogen-bond acceptors (Lipinski definition) is 6. The SMILES string of the molecule is COCCSc1ccnc(NN)n1. The Labute approximate surface area is 81.1 Å². The Kier molecular flexibility index (Phi) is 4.52. The van der Waals surface area contributed by atoms with Gasteiger partial charge in [-0.05, 0) is 6.07 Å². The average molecular weight is 200 g/mol. The number of aromatic nitrogens is 2. The second kappa shape index (κ2) is 5.74. The van der Waals surface area contributed by atoms with E-state index in [1.165, 1.54) is 0 Å². The van der Waals surface area contributed by atoms with Crippen molar-refractivity contribution in [1.82, 2.24) is 9.97 Å². The molecule has 0 fully saturated rings. The van der Waals surface area contributed by atoms with Crippen LogP contribution in [0.15, 0.2) is 17.3 Å². The Balaban J connectivity index is 2.46. The Hall–Kier alpha value is -0.850. The summed E-state index contributed by atoms with van der Waals surface area (Å²) in [6.07, 6.45) is 1.66. The zero-order chi connectivity index (χ0) is 9.52. The van der Waals surface area contributed by atoms with Crippen molar-refractivity contribution in [3.8, 4) is 0 Å². The van der Waals surface area contributed by atoms with Gasteiger partial charge in [0, 0.05) is 19.1 Å². The number of nitrogens with zero attached hydrogens (tertiary/aromatic N) is 2. The van der Waals surface area contributed by atoms with Crippen molar-refractivity contribution < 1.29 is 4.74 Å². The van der Waals surface area contributed by atoms with Crippen LogP contribution in [-0.4, -0.2) is 29.4 Å². The molecule has 1 aromatic rings. The highest BCUT2D eigenvalue weighted by molar-refractivity contribution is 7.99. The minimum absolute atomic E-state index is 0.433. The number of hydrogen-bond donors (Lipinski definition) is 2. The maximum atomic E-state index is 5.16. The number of nitrogen functional groups attached to an aromatic ring is 1. The molecule has 1 rings (SSSR count). The predicted molar refractivity (Wildman–Crippen MR) is 52.4 cm³/mol. The monoisotopic (exact) mass is 200 g/mol. The van der Waals surface area contributed by atoms with Crippen LogP contribution in [0.5, 0.6) is 0 Å². The molecule has 0 radical (unpaired) electrons. The average Bonchev–Trinajstić information content (AvgIpc) is 2.19. The fraction of sp³-hybridized carbons (Fsp3) is 0.429. The standard InChI is InChI=1S/C7H12N4OS/c1-12-4-5-13-6-2-3-9-7(10-6)11-8/h2-3H,4-5,8H2,1H3,(H,9,10,11). The number of thioether (sulfide) groups is 1. The molecule has 1 heterocycles. The number of nitrogens with one attached hydrogen (secondary N) is 1. The van der Waals surface area contributed by atoms with Gasteiger partial charge in [0.2, 0.25) is 5.95 Å². The quantitative estimate of drug-likeness (QED) is 0.237. The molecule has 0 unspecified atom stereocenters. The Bertz CT molecular complexity index is 258. The zero-order valence-electron chi connectivity index (χ0n) is 7.36. The summed E-state index contributed by atoms with van der Waals surface area (Å²) in [7, 11) is 1.67. The number of rotatable bonds is 5. The van der Waals surface area contributed by atoms with Crippen LogP contribution >= 0.6 is 11.8 Å². The van der Waals surface area contributed by atoms with E-state index in [1.54, 1.807) is 25.1 Å². The summed E-state index contributed by atoms with van der Waals surface area (Å²) in [5, 5.41) is 0.889. The first-order valence-corrected chi connectivity index (χ1v) is 4.77. The first-order valence-electron chi connectivity index (χ1n) is 3.78. The fourth-order valence-corrected chi connectivity index (χ4v) is 1.49. The van der Waals surface area contributed by atoms with Gasteiger partial charge < -0.3 is 4.74 Å². The van der Waals surface area contributed by atoms with Crippen LogP contribution in [0.1, 0.15) is 0 Å². The molecule has 3 N–H and O–H groups in total. The van der Waals surface area contributed by atoms with Crippen LogP contribution in [0, 0.1) is 0 Å². The molecule has 0 aromatic carbocycles. The lowest BCUT2D eigenvalue weighted by molar-refractivity contribution is 0.218. The summed E-state index contributed by atoms with van der Waals surface area (Å²) in [5.74, 6) is 6.47. The minimum atomic E-state index is 0.433. The second-order valence-corrected chi connectivity index (χ2v) is 3.32. The smallest absolute Gasteiger partial charge is 0.238 e. The second-order valence-electron chi connectivity index (χ2n) is 2.20. The predicted octanol–water partition coefficient (Wildman–Crippen LogP) is 0.501. The lowest BCUT2D eigenvalue weighted by Crippen LogP contribution is -2.10. The van der Waals surface area contributed by atoms with E-state index < -0.39 is 0 Å². The highest BCUT2D eigenvalue weighted by atomic mass is 32.2. The summed E-state index contributed by atoms with van der Waals surface area (Å²) >= 11 is 1.60. The van der Waals surface area contributed by atoms with E-state index in [1.807, 2.05) is 6.07 Å². The van der Waals surface area contributed by atoms with Crippen molar-refractivity contribution in [2.45, 2.75) is 5.03 Å². The Morgan fingerprint density at radius 2 is 2.54 bits per heavy atom. The normalized spacial score (nSPS) is 10.0. The van der Waals surface area contributed by atoms with Gasteiger partial charge in [0.1, 0.15) is 5.03 Å². The highest BCUT2D eigenvalue weighted by Crippen LogP contribution is 2.14. The minimum Gasteiger partial charge on any atom is -0.384 e. The summed E-state index contributed by atoms with van der Waals surface area (Å²) in [4.78, 5) is 8.02. The molecular weight excluding hydrogens is 188 g/mol. The maximum Gasteiger partial charge on any atom is 0.238 e. The summed E-state index contributed by atoms with van der Waals surface area (Å²) < 4.78 is 4.92. The molecular formula is C7H12N4OS. The fourth-order valence-electron chi connectivity index (χ4n) is 0.722. The van der Waals surface area contributed by atoms with Crippen LogP contribution in [0.4, 0.5) is 5.95 Å². The van der Waals surface area contributed by atoms with E-state index in [-0.39, 0.29) is 0 Å². The summed E-state index contributed by atoms with van der Waals surface area (Å²) in [5.41, 5.74) is 2.39. The molecule has 72 valence electrons. The highest BCUT2D eigenvalue weighted by Gasteiger charge is 1.97. The summed E-state index contributed by atoms with van der Waals surface area (Å²) in [6.45, 7) is 0.708. The third kappa shape index (κ3) is 3.58. The molecule has 0 atom stereocenters. The molecule has 0 bridgehead atoms. The van der Waals surface area contributed by atoms with Crippen molar-refractivity contribution in [3.05, 3.63) is 12.3 Å². The van der Waals surface area contributed by atoms with Gasteiger partial charge >= 0.3 is 0 Å². The van der Waals surface area contributed by atoms with Gasteiger partial charge in [-0.15, -0.1) is 11.8 Å². The molecule has 0 spiro atoms. The van der Waals surface area contributed by atoms with E-state index in [0.29, 0.717) is 12.6 Å². The van der Waals surface area contributed by atoms with Crippen molar-refractivity contribution >= 4 is 17.7 Å². The Morgan fingerprint density at radius 1 is 1.69 bits per heavy atom. The van der Waals surface area contributed by atoms with Gasteiger partial charge in [-0.3, -0.25) is 5.43 Å². The van der Waals surface area contributed by atoms with Crippen LogP contribution in [0.3, 0.4) is 0 Å². The van der Waals surface area contributed by atoms with E-state index >= 15 is 0 Å². The van der Waals surface area contributed by atoms with Gasteiger partial charge in [0.15, 0.2) is 0 Å². The molecule has 5 nitrogen and oxygen atoms in total. The molecule has 0 aliphatic heterocycles. The maximum absolute atomic E-state index is 5.16.